The summed E-state index contributed by atoms with van der Waals surface area (Å²) in [5.41, 5.74) is 15.6. The van der Waals surface area contributed by atoms with Crippen LogP contribution < -0.4 is 20.9 Å². The van der Waals surface area contributed by atoms with Gasteiger partial charge in [0.25, 0.3) is 0 Å². The molecule has 7 aromatic rings. The third-order valence-corrected chi connectivity index (χ3v) is 17.5. The molecule has 0 spiro atoms. The first-order valence-electron chi connectivity index (χ1n) is 25.7. The molecular weight excluding hydrogens is 966 g/mol. The molecule has 0 amide bonds. The smallest absolute Gasteiger partial charge is 0.409 e. The van der Waals surface area contributed by atoms with Crippen molar-refractivity contribution in [2.75, 3.05) is 38.9 Å². The van der Waals surface area contributed by atoms with Crippen LogP contribution in [0.4, 0.5) is 11.6 Å². The Labute approximate surface area is 429 Å². The summed E-state index contributed by atoms with van der Waals surface area (Å²) in [5, 5.41) is 11.7. The van der Waals surface area contributed by atoms with Crippen LogP contribution in [0.1, 0.15) is 106 Å². The molecule has 4 aliphatic rings. The van der Waals surface area contributed by atoms with Gasteiger partial charge in [-0.05, 0) is 66.6 Å². The minimum absolute atomic E-state index is 0.0379. The van der Waals surface area contributed by atoms with Gasteiger partial charge in [-0.1, -0.05) is 93.1 Å². The SMILES string of the molecule is COc1ccc(C(OC[C@H]2O[C@@H](n3cnc4c(N)ncnc43)C[C@@H]2OP(=O)(OC[C@H]2O[C@@H](n3cnc4c(N)ncnc43)C[C@@H]2O)N(C2CCCCC2)C2CCCCC2)(c2ccccc2)c2ccc(OC)cc2)cc1. The number of hydrogen-bond donors (Lipinski definition) is 3. The van der Waals surface area contributed by atoms with Gasteiger partial charge in [0.1, 0.15) is 71.6 Å². The molecule has 0 bridgehead atoms. The molecule has 0 radical (unpaired) electrons. The lowest BCUT2D eigenvalue weighted by Gasteiger charge is -2.45. The van der Waals surface area contributed by atoms with Crippen molar-refractivity contribution >= 4 is 41.7 Å². The molecule has 4 aromatic heterocycles. The topological polar surface area (TPSA) is 244 Å². The summed E-state index contributed by atoms with van der Waals surface area (Å²) < 4.78 is 68.9. The van der Waals surface area contributed by atoms with Crippen LogP contribution in [0.15, 0.2) is 104 Å². The standard InChI is InChI=1S/C53H64N11O9P/c1-67-39-22-18-35(19-23-39)53(34-12-6-3-7-13-34,36-20-24-40(68-2)25-21-36)69-28-44-42(27-46(72-44)63-33-61-48-50(55)57-31-59-52(48)63)73-74(66,64(37-14-8-4-9-15-37)38-16-10-5-11-17-38)70-29-43-41(65)26-45(71-43)62-32-60-47-49(54)56-30-58-51(47)62/h3,6-7,12-13,18-25,30-33,37-38,41-46,65H,4-5,8-11,14-17,26-29H2,1-2H3,(H2,54,56,58)(H2,55,57,59)/t41-,42-,43+,44+,45+,46+,74?/m0/s1. The molecule has 20 nitrogen and oxygen atoms in total. The van der Waals surface area contributed by atoms with Gasteiger partial charge in [-0.3, -0.25) is 18.2 Å². The number of nitrogens with zero attached hydrogens (tertiary/aromatic N) is 9. The Bertz CT molecular complexity index is 2980. The summed E-state index contributed by atoms with van der Waals surface area (Å²) in [6, 6.07) is 25.6. The predicted molar refractivity (Wildman–Crippen MR) is 275 cm³/mol. The Balaban J connectivity index is 0.980. The van der Waals surface area contributed by atoms with Crippen LogP contribution in [0.3, 0.4) is 0 Å². The number of imidazole rings is 2. The van der Waals surface area contributed by atoms with E-state index in [0.29, 0.717) is 33.8 Å². The summed E-state index contributed by atoms with van der Waals surface area (Å²) in [6.45, 7) is -0.259. The molecule has 21 heteroatoms. The van der Waals surface area contributed by atoms with Gasteiger partial charge >= 0.3 is 7.75 Å². The predicted octanol–water partition coefficient (Wildman–Crippen LogP) is 8.27. The highest BCUT2D eigenvalue weighted by Crippen LogP contribution is 2.60. The summed E-state index contributed by atoms with van der Waals surface area (Å²) >= 11 is 0. The van der Waals surface area contributed by atoms with Gasteiger partial charge in [0.15, 0.2) is 22.9 Å². The van der Waals surface area contributed by atoms with Crippen molar-refractivity contribution in [3.05, 3.63) is 121 Å². The fourth-order valence-electron chi connectivity index (χ4n) is 11.5. The lowest BCUT2D eigenvalue weighted by Crippen LogP contribution is -2.45. The number of aromatic nitrogens is 8. The minimum Gasteiger partial charge on any atom is -0.497 e. The molecule has 4 fully saturated rings. The van der Waals surface area contributed by atoms with Crippen molar-refractivity contribution in [2.45, 2.75) is 132 Å². The second-order valence-electron chi connectivity index (χ2n) is 19.7. The third kappa shape index (κ3) is 9.73. The maximum absolute atomic E-state index is 16.8. The van der Waals surface area contributed by atoms with E-state index >= 15 is 4.57 Å². The second kappa shape index (κ2) is 21.6. The zero-order valence-electron chi connectivity index (χ0n) is 41.7. The lowest BCUT2D eigenvalue weighted by molar-refractivity contribution is -0.0942. The van der Waals surface area contributed by atoms with E-state index in [2.05, 4.69) is 34.6 Å². The Morgan fingerprint density at radius 3 is 1.68 bits per heavy atom. The molecule has 2 aliphatic heterocycles. The fourth-order valence-corrected chi connectivity index (χ4v) is 14.0. The molecule has 74 heavy (non-hydrogen) atoms. The van der Waals surface area contributed by atoms with Gasteiger partial charge < -0.3 is 40.3 Å². The first-order chi connectivity index (χ1) is 36.2. The number of methoxy groups -OCH3 is 2. The molecule has 7 atom stereocenters. The number of benzene rings is 3. The first-order valence-corrected chi connectivity index (χ1v) is 27.2. The number of rotatable bonds is 18. The summed E-state index contributed by atoms with van der Waals surface area (Å²) in [5.74, 6) is 1.85. The van der Waals surface area contributed by atoms with Gasteiger partial charge in [0.2, 0.25) is 0 Å². The van der Waals surface area contributed by atoms with Gasteiger partial charge in [-0.15, -0.1) is 0 Å². The lowest BCUT2D eigenvalue weighted by atomic mass is 9.80. The van der Waals surface area contributed by atoms with E-state index in [9.17, 15) is 5.11 Å². The molecule has 6 heterocycles. The fraction of sp³-hybridized carbons (Fsp3) is 0.472. The Hall–Kier alpha value is -6.09. The third-order valence-electron chi connectivity index (χ3n) is 15.3. The van der Waals surface area contributed by atoms with Gasteiger partial charge in [-0.2, -0.15) is 0 Å². The number of nitrogen functional groups attached to an aromatic ring is 2. The van der Waals surface area contributed by atoms with Crippen LogP contribution in [-0.4, -0.2) is 113 Å². The Kier molecular flexibility index (Phi) is 14.6. The van der Waals surface area contributed by atoms with Crippen LogP contribution in [0.25, 0.3) is 22.3 Å². The molecule has 2 saturated heterocycles. The van der Waals surface area contributed by atoms with Crippen LogP contribution >= 0.6 is 7.75 Å². The highest BCUT2D eigenvalue weighted by molar-refractivity contribution is 7.51. The van der Waals surface area contributed by atoms with Crippen molar-refractivity contribution in [2.24, 2.45) is 0 Å². The molecule has 390 valence electrons. The molecule has 11 rings (SSSR count). The van der Waals surface area contributed by atoms with Crippen LogP contribution in [0.5, 0.6) is 11.5 Å². The monoisotopic (exact) mass is 1030 g/mol. The number of aliphatic hydroxyl groups excluding tert-OH is 1. The summed E-state index contributed by atoms with van der Waals surface area (Å²) in [4.78, 5) is 26.3. The first kappa shape index (κ1) is 50.1. The molecule has 3 aromatic carbocycles. The maximum atomic E-state index is 16.8. The molecule has 1 unspecified atom stereocenters. The highest BCUT2D eigenvalue weighted by Gasteiger charge is 2.51. The number of anilines is 2. The van der Waals surface area contributed by atoms with E-state index < -0.39 is 50.2 Å². The average Bonchev–Trinajstić information content (AvgIpc) is 4.26. The second-order valence-corrected chi connectivity index (χ2v) is 21.5. The van der Waals surface area contributed by atoms with Gasteiger partial charge in [-0.25, -0.2) is 39.1 Å². The summed E-state index contributed by atoms with van der Waals surface area (Å²) in [6.07, 6.45) is 11.0. The number of nitrogens with two attached hydrogens (primary N) is 2. The summed E-state index contributed by atoms with van der Waals surface area (Å²) in [7, 11) is -1.05. The van der Waals surface area contributed by atoms with Crippen LogP contribution in [0, 0.1) is 0 Å². The number of ether oxygens (including phenoxy) is 5. The van der Waals surface area contributed by atoms with E-state index in [1.165, 1.54) is 12.7 Å². The van der Waals surface area contributed by atoms with Crippen molar-refractivity contribution in [3.63, 3.8) is 0 Å². The number of hydrogen-bond acceptors (Lipinski definition) is 17. The van der Waals surface area contributed by atoms with E-state index in [4.69, 9.17) is 44.2 Å². The Morgan fingerprint density at radius 2 is 1.15 bits per heavy atom. The molecule has 5 N–H and O–H groups in total. The number of aliphatic hydroxyl groups is 1. The molecule has 2 aliphatic carbocycles. The van der Waals surface area contributed by atoms with Crippen LogP contribution in [0.2, 0.25) is 0 Å². The minimum atomic E-state index is -4.32. The highest BCUT2D eigenvalue weighted by atomic mass is 31.2. The van der Waals surface area contributed by atoms with E-state index in [1.54, 1.807) is 31.4 Å². The maximum Gasteiger partial charge on any atom is 0.409 e. The van der Waals surface area contributed by atoms with E-state index in [-0.39, 0.29) is 49.8 Å². The van der Waals surface area contributed by atoms with Crippen molar-refractivity contribution < 1.29 is 42.4 Å². The van der Waals surface area contributed by atoms with Gasteiger partial charge in [0.05, 0.1) is 46.2 Å². The average molecular weight is 1030 g/mol. The quantitative estimate of drug-likeness (QED) is 0.0541. The van der Waals surface area contributed by atoms with Crippen LogP contribution in [-0.2, 0) is 33.4 Å². The molecule has 2 saturated carbocycles. The Morgan fingerprint density at radius 1 is 0.649 bits per heavy atom. The van der Waals surface area contributed by atoms with E-state index in [1.807, 2.05) is 83.4 Å². The van der Waals surface area contributed by atoms with Gasteiger partial charge in [0, 0.05) is 24.9 Å². The van der Waals surface area contributed by atoms with E-state index in [0.717, 1.165) is 80.9 Å². The van der Waals surface area contributed by atoms with Crippen molar-refractivity contribution in [1.82, 2.24) is 43.7 Å². The van der Waals surface area contributed by atoms with Crippen molar-refractivity contribution in [1.29, 1.82) is 0 Å². The zero-order chi connectivity index (χ0) is 50.8. The zero-order valence-corrected chi connectivity index (χ0v) is 42.6. The number of fused-ring (bicyclic) bond motifs is 2. The largest absolute Gasteiger partial charge is 0.497 e. The molecular formula is C53H64N11O9P. The normalized spacial score (nSPS) is 23.9. The van der Waals surface area contributed by atoms with Crippen molar-refractivity contribution in [3.8, 4) is 11.5 Å².